The molecule has 0 amide bonds. The summed E-state index contributed by atoms with van der Waals surface area (Å²) in [5.74, 6) is 0.401. The lowest BCUT2D eigenvalue weighted by Crippen LogP contribution is -2.41. The number of hydrogen-bond donors (Lipinski definition) is 1. The molecule has 4 aromatic rings. The van der Waals surface area contributed by atoms with Crippen LogP contribution in [0.15, 0.2) is 57.0 Å². The molecule has 1 aliphatic carbocycles. The van der Waals surface area contributed by atoms with E-state index in [9.17, 15) is 22.4 Å². The minimum atomic E-state index is -3.15. The maximum atomic E-state index is 13.7. The van der Waals surface area contributed by atoms with Gasteiger partial charge in [-0.05, 0) is 31.0 Å². The third-order valence-electron chi connectivity index (χ3n) is 6.05. The van der Waals surface area contributed by atoms with Crippen molar-refractivity contribution in [2.24, 2.45) is 7.05 Å². The van der Waals surface area contributed by atoms with Crippen LogP contribution >= 0.6 is 0 Å². The maximum Gasteiger partial charge on any atom is 0.332 e. The Hall–Kier alpha value is -3.74. The Labute approximate surface area is 193 Å². The van der Waals surface area contributed by atoms with Crippen molar-refractivity contribution in [3.05, 3.63) is 75.0 Å². The van der Waals surface area contributed by atoms with Crippen molar-refractivity contribution in [1.29, 1.82) is 0 Å². The molecular weight excluding hydrogens is 467 g/mol. The standard InChI is InChI=1S/C21H21FN6O5S/c1-25-10-14(9-23-25)11-27-19(29)17-8-15(28(34(31)32)21(13-22)5-6-21)2-3-18(17)26(20(27)30)12-16-4-7-24-33-16/h2-4,7-10,34H,5-6,11-13H2,1H3. The van der Waals surface area contributed by atoms with Crippen LogP contribution in [0.25, 0.3) is 10.9 Å². The Morgan fingerprint density at radius 3 is 2.56 bits per heavy atom. The van der Waals surface area contributed by atoms with Crippen LogP contribution in [0.3, 0.4) is 0 Å². The summed E-state index contributed by atoms with van der Waals surface area (Å²) < 4.78 is 47.9. The average Bonchev–Trinajstić information content (AvgIpc) is 3.20. The molecule has 0 saturated heterocycles. The SMILES string of the molecule is Cn1cc(Cn2c(=O)c3cc(N([SH](=O)=O)C4(CF)CC4)ccc3n(Cc3ccno3)c2=O)cn1. The number of alkyl halides is 1. The Bertz CT molecular complexity index is 1560. The summed E-state index contributed by atoms with van der Waals surface area (Å²) in [6, 6.07) is 5.97. The van der Waals surface area contributed by atoms with Crippen molar-refractivity contribution < 1.29 is 17.3 Å². The second kappa shape index (κ2) is 8.24. The number of nitrogens with zero attached hydrogens (tertiary/aromatic N) is 6. The third-order valence-corrected chi connectivity index (χ3v) is 7.03. The Balaban J connectivity index is 1.72. The van der Waals surface area contributed by atoms with Gasteiger partial charge in [-0.3, -0.25) is 22.9 Å². The summed E-state index contributed by atoms with van der Waals surface area (Å²) in [6.45, 7) is -0.851. The van der Waals surface area contributed by atoms with Gasteiger partial charge in [-0.2, -0.15) is 5.10 Å². The summed E-state index contributed by atoms with van der Waals surface area (Å²) in [5.41, 5.74) is -1.17. The molecule has 11 nitrogen and oxygen atoms in total. The highest BCUT2D eigenvalue weighted by Crippen LogP contribution is 2.45. The van der Waals surface area contributed by atoms with Gasteiger partial charge < -0.3 is 4.52 Å². The molecule has 1 aliphatic rings. The zero-order valence-corrected chi connectivity index (χ0v) is 19.0. The molecular formula is C21H21FN6O5S. The predicted octanol–water partition coefficient (Wildman–Crippen LogP) is 0.816. The zero-order valence-electron chi connectivity index (χ0n) is 18.1. The number of aryl methyl sites for hydroxylation is 1. The van der Waals surface area contributed by atoms with Crippen molar-refractivity contribution >= 4 is 27.5 Å². The Morgan fingerprint density at radius 2 is 1.97 bits per heavy atom. The minimum absolute atomic E-state index is 0.00987. The number of hydrogen-bond acceptors (Lipinski definition) is 7. The van der Waals surface area contributed by atoms with E-state index < -0.39 is 34.4 Å². The molecule has 3 heterocycles. The number of thiol groups is 1. The van der Waals surface area contributed by atoms with E-state index in [1.807, 2.05) is 0 Å². The van der Waals surface area contributed by atoms with Gasteiger partial charge in [0.1, 0.15) is 6.67 Å². The van der Waals surface area contributed by atoms with Crippen LogP contribution in [0.5, 0.6) is 0 Å². The number of anilines is 1. The summed E-state index contributed by atoms with van der Waals surface area (Å²) in [5, 5.41) is 7.86. The van der Waals surface area contributed by atoms with Crippen molar-refractivity contribution in [2.45, 2.75) is 31.5 Å². The molecule has 0 bridgehead atoms. The van der Waals surface area contributed by atoms with Gasteiger partial charge in [0.25, 0.3) is 5.56 Å². The quantitative estimate of drug-likeness (QED) is 0.364. The smallest absolute Gasteiger partial charge is 0.332 e. The van der Waals surface area contributed by atoms with E-state index in [4.69, 9.17) is 4.52 Å². The van der Waals surface area contributed by atoms with Crippen molar-refractivity contribution in [3.63, 3.8) is 0 Å². The highest BCUT2D eigenvalue weighted by molar-refractivity contribution is 7.74. The van der Waals surface area contributed by atoms with Crippen LogP contribution in [0.1, 0.15) is 24.2 Å². The van der Waals surface area contributed by atoms with Crippen molar-refractivity contribution in [2.75, 3.05) is 11.0 Å². The molecule has 0 unspecified atom stereocenters. The molecule has 178 valence electrons. The van der Waals surface area contributed by atoms with E-state index in [2.05, 4.69) is 10.3 Å². The number of rotatable bonds is 8. The molecule has 34 heavy (non-hydrogen) atoms. The Morgan fingerprint density at radius 1 is 1.18 bits per heavy atom. The number of fused-ring (bicyclic) bond motifs is 1. The molecule has 0 aliphatic heterocycles. The molecule has 1 saturated carbocycles. The molecule has 0 N–H and O–H groups in total. The molecule has 13 heteroatoms. The first-order valence-corrected chi connectivity index (χ1v) is 11.6. The molecule has 0 spiro atoms. The lowest BCUT2D eigenvalue weighted by molar-refractivity contribution is 0.374. The summed E-state index contributed by atoms with van der Waals surface area (Å²) in [6.07, 6.45) is 5.47. The van der Waals surface area contributed by atoms with Crippen LogP contribution in [0.4, 0.5) is 10.1 Å². The molecule has 1 aromatic carbocycles. The third kappa shape index (κ3) is 3.71. The largest absolute Gasteiger partial charge is 0.359 e. The summed E-state index contributed by atoms with van der Waals surface area (Å²) in [4.78, 5) is 26.8. The second-order valence-electron chi connectivity index (χ2n) is 8.37. The van der Waals surface area contributed by atoms with Crippen molar-refractivity contribution in [3.8, 4) is 0 Å². The van der Waals surface area contributed by atoms with Gasteiger partial charge in [-0.1, -0.05) is 5.16 Å². The van der Waals surface area contributed by atoms with E-state index in [1.54, 1.807) is 30.2 Å². The van der Waals surface area contributed by atoms with E-state index in [-0.39, 0.29) is 24.2 Å². The van der Waals surface area contributed by atoms with Crippen LogP contribution in [0, 0.1) is 0 Å². The average molecular weight is 489 g/mol. The fourth-order valence-electron chi connectivity index (χ4n) is 4.14. The first kappa shape index (κ1) is 22.1. The van der Waals surface area contributed by atoms with Gasteiger partial charge in [-0.25, -0.2) is 17.6 Å². The molecule has 1 fully saturated rings. The highest BCUT2D eigenvalue weighted by Gasteiger charge is 2.50. The molecule has 0 atom stereocenters. The van der Waals surface area contributed by atoms with Crippen LogP contribution < -0.4 is 15.6 Å². The Kier molecular flexibility index (Phi) is 5.35. The highest BCUT2D eigenvalue weighted by atomic mass is 32.2. The van der Waals surface area contributed by atoms with Gasteiger partial charge in [0, 0.05) is 24.9 Å². The van der Waals surface area contributed by atoms with Gasteiger partial charge in [-0.15, -0.1) is 0 Å². The minimum Gasteiger partial charge on any atom is -0.359 e. The second-order valence-corrected chi connectivity index (χ2v) is 9.25. The van der Waals surface area contributed by atoms with E-state index in [1.165, 1.54) is 29.0 Å². The number of benzene rings is 1. The molecule has 0 radical (unpaired) electrons. The first-order chi connectivity index (χ1) is 16.3. The normalized spacial score (nSPS) is 14.7. The molecule has 3 aromatic heterocycles. The predicted molar refractivity (Wildman–Crippen MR) is 121 cm³/mol. The van der Waals surface area contributed by atoms with E-state index >= 15 is 0 Å². The van der Waals surface area contributed by atoms with Gasteiger partial charge in [0.2, 0.25) is 10.9 Å². The van der Waals surface area contributed by atoms with E-state index in [0.717, 1.165) is 8.87 Å². The van der Waals surface area contributed by atoms with E-state index in [0.29, 0.717) is 29.7 Å². The van der Waals surface area contributed by atoms with Crippen molar-refractivity contribution in [1.82, 2.24) is 24.1 Å². The number of aromatic nitrogens is 5. The van der Waals surface area contributed by atoms with Crippen LogP contribution in [-0.2, 0) is 31.0 Å². The topological polar surface area (TPSA) is 125 Å². The monoisotopic (exact) mass is 488 g/mol. The fraction of sp³-hybridized carbons (Fsp3) is 0.333. The summed E-state index contributed by atoms with van der Waals surface area (Å²) in [7, 11) is -1.43. The first-order valence-electron chi connectivity index (χ1n) is 10.5. The lowest BCUT2D eigenvalue weighted by atomic mass is 10.2. The number of halogens is 1. The van der Waals surface area contributed by atoms with Crippen LogP contribution in [-0.4, -0.2) is 44.7 Å². The maximum absolute atomic E-state index is 13.7. The van der Waals surface area contributed by atoms with Crippen LogP contribution in [0.2, 0.25) is 0 Å². The fourth-order valence-corrected chi connectivity index (χ4v) is 5.05. The van der Waals surface area contributed by atoms with Gasteiger partial charge in [0.15, 0.2) is 5.76 Å². The zero-order chi connectivity index (χ0) is 24.0. The molecule has 5 rings (SSSR count). The van der Waals surface area contributed by atoms with Gasteiger partial charge >= 0.3 is 5.69 Å². The van der Waals surface area contributed by atoms with Gasteiger partial charge in [0.05, 0.1) is 47.6 Å². The lowest BCUT2D eigenvalue weighted by Gasteiger charge is -2.26. The summed E-state index contributed by atoms with van der Waals surface area (Å²) >= 11 is 0.